The van der Waals surface area contributed by atoms with Crippen LogP contribution in [0.5, 0.6) is 0 Å². The van der Waals surface area contributed by atoms with E-state index in [-0.39, 0.29) is 11.7 Å². The third kappa shape index (κ3) is 5.32. The third-order valence-electron chi connectivity index (χ3n) is 4.77. The van der Waals surface area contributed by atoms with Crippen molar-refractivity contribution in [3.63, 3.8) is 0 Å². The molecule has 8 heteroatoms. The highest BCUT2D eigenvalue weighted by atomic mass is 35.5. The van der Waals surface area contributed by atoms with Gasteiger partial charge in [0.15, 0.2) is 11.0 Å². The molecule has 0 bridgehead atoms. The summed E-state index contributed by atoms with van der Waals surface area (Å²) in [6.45, 7) is 8.29. The van der Waals surface area contributed by atoms with Gasteiger partial charge < -0.3 is 5.32 Å². The maximum Gasteiger partial charge on any atom is 0.230 e. The second kappa shape index (κ2) is 10.8. The van der Waals surface area contributed by atoms with E-state index in [2.05, 4.69) is 54.1 Å². The monoisotopic (exact) mass is 474 g/mol. The smallest absolute Gasteiger partial charge is 0.230 e. The molecular formula is C23H24Cl2N4OS. The normalized spacial score (nSPS) is 10.8. The van der Waals surface area contributed by atoms with E-state index >= 15 is 0 Å². The molecule has 0 atom stereocenters. The number of nitrogens with zero attached hydrogens (tertiary/aromatic N) is 3. The minimum Gasteiger partial charge on any atom is -0.352 e. The van der Waals surface area contributed by atoms with Crippen molar-refractivity contribution in [3.05, 3.63) is 70.2 Å². The second-order valence-electron chi connectivity index (χ2n) is 6.78. The lowest BCUT2D eigenvalue weighted by Crippen LogP contribution is -2.25. The highest BCUT2D eigenvalue weighted by molar-refractivity contribution is 7.99. The number of carbonyl (C=O) groups is 1. The number of carbonyl (C=O) groups excluding carboxylic acids is 1. The van der Waals surface area contributed by atoms with Crippen molar-refractivity contribution in [1.82, 2.24) is 20.1 Å². The average molecular weight is 475 g/mol. The predicted octanol–water partition coefficient (Wildman–Crippen LogP) is 5.76. The number of thioether (sulfide) groups is 1. The Morgan fingerprint density at radius 3 is 2.48 bits per heavy atom. The van der Waals surface area contributed by atoms with Gasteiger partial charge in [-0.05, 0) is 42.2 Å². The first-order valence-electron chi connectivity index (χ1n) is 10.0. The van der Waals surface area contributed by atoms with Gasteiger partial charge in [-0.15, -0.1) is 16.8 Å². The van der Waals surface area contributed by atoms with E-state index in [0.717, 1.165) is 24.1 Å². The Balaban J connectivity index is 2.15. The van der Waals surface area contributed by atoms with Crippen molar-refractivity contribution >= 4 is 40.9 Å². The quantitative estimate of drug-likeness (QED) is 0.316. The van der Waals surface area contributed by atoms with Crippen LogP contribution >= 0.6 is 35.0 Å². The molecule has 0 fully saturated rings. The average Bonchev–Trinajstić information content (AvgIpc) is 3.18. The van der Waals surface area contributed by atoms with Crippen LogP contribution in [0.1, 0.15) is 25.0 Å². The van der Waals surface area contributed by atoms with Gasteiger partial charge in [-0.3, -0.25) is 9.36 Å². The fourth-order valence-electron chi connectivity index (χ4n) is 3.28. The van der Waals surface area contributed by atoms with Crippen molar-refractivity contribution in [3.8, 4) is 17.1 Å². The zero-order chi connectivity index (χ0) is 22.4. The van der Waals surface area contributed by atoms with Crippen LogP contribution in [0.15, 0.2) is 54.2 Å². The Kier molecular flexibility index (Phi) is 8.18. The van der Waals surface area contributed by atoms with Crippen molar-refractivity contribution in [2.45, 2.75) is 31.8 Å². The fraction of sp³-hybridized carbons (Fsp3) is 0.261. The number of rotatable bonds is 9. The minimum absolute atomic E-state index is 0.0926. The first-order valence-corrected chi connectivity index (χ1v) is 11.8. The molecule has 1 N–H and O–H groups in total. The van der Waals surface area contributed by atoms with Crippen LogP contribution in [0, 0.1) is 0 Å². The van der Waals surface area contributed by atoms with E-state index < -0.39 is 0 Å². The fourth-order valence-corrected chi connectivity index (χ4v) is 4.54. The summed E-state index contributed by atoms with van der Waals surface area (Å²) >= 11 is 14.0. The number of hydrogen-bond donors (Lipinski definition) is 1. The number of amides is 1. The van der Waals surface area contributed by atoms with E-state index in [0.29, 0.717) is 27.6 Å². The summed E-state index contributed by atoms with van der Waals surface area (Å²) < 4.78 is 2.01. The summed E-state index contributed by atoms with van der Waals surface area (Å²) in [4.78, 5) is 12.2. The molecule has 0 unspecified atom stereocenters. The lowest BCUT2D eigenvalue weighted by molar-refractivity contribution is -0.118. The van der Waals surface area contributed by atoms with Crippen LogP contribution in [0.2, 0.25) is 10.0 Å². The summed E-state index contributed by atoms with van der Waals surface area (Å²) in [6, 6.07) is 11.6. The summed E-state index contributed by atoms with van der Waals surface area (Å²) in [5.74, 6) is 0.743. The Morgan fingerprint density at radius 1 is 1.16 bits per heavy atom. The number of nitrogens with one attached hydrogen (secondary N) is 1. The van der Waals surface area contributed by atoms with Gasteiger partial charge in [0, 0.05) is 17.1 Å². The molecule has 0 aliphatic rings. The number of halogens is 2. The molecule has 1 amide bonds. The number of aryl methyl sites for hydroxylation is 2. The predicted molar refractivity (Wildman–Crippen MR) is 130 cm³/mol. The lowest BCUT2D eigenvalue weighted by atomic mass is 10.0. The summed E-state index contributed by atoms with van der Waals surface area (Å²) in [6.07, 6.45) is 3.34. The molecule has 2 aromatic carbocycles. The zero-order valence-electron chi connectivity index (χ0n) is 17.5. The SMILES string of the molecule is C=CCNC(=O)CSc1nnc(-c2ccc(Cl)cc2Cl)n1-c1c(CC)cccc1CC. The molecule has 1 heterocycles. The molecule has 1 aromatic heterocycles. The molecule has 3 rings (SSSR count). The first kappa shape index (κ1) is 23.4. The maximum absolute atomic E-state index is 12.2. The molecule has 31 heavy (non-hydrogen) atoms. The highest BCUT2D eigenvalue weighted by Gasteiger charge is 2.22. The Labute approximate surface area is 196 Å². The minimum atomic E-state index is -0.0926. The standard InChI is InChI=1S/C23H24Cl2N4OS/c1-4-12-26-20(30)14-31-23-28-27-22(18-11-10-17(24)13-19(18)25)29(23)21-15(5-2)8-7-9-16(21)6-3/h4,7-11,13H,1,5-6,12,14H2,2-3H3,(H,26,30). The Morgan fingerprint density at radius 2 is 1.87 bits per heavy atom. The van der Waals surface area contributed by atoms with Crippen LogP contribution < -0.4 is 5.32 Å². The molecular weight excluding hydrogens is 451 g/mol. The van der Waals surface area contributed by atoms with E-state index in [1.165, 1.54) is 22.9 Å². The van der Waals surface area contributed by atoms with E-state index in [1.54, 1.807) is 18.2 Å². The van der Waals surface area contributed by atoms with Gasteiger partial charge in [-0.2, -0.15) is 0 Å². The van der Waals surface area contributed by atoms with Crippen LogP contribution in [0.25, 0.3) is 17.1 Å². The number of benzene rings is 2. The molecule has 0 spiro atoms. The molecule has 162 valence electrons. The van der Waals surface area contributed by atoms with Crippen LogP contribution in [0.3, 0.4) is 0 Å². The largest absolute Gasteiger partial charge is 0.352 e. The van der Waals surface area contributed by atoms with Crippen molar-refractivity contribution in [1.29, 1.82) is 0 Å². The first-order chi connectivity index (χ1) is 15.0. The molecule has 3 aromatic rings. The molecule has 5 nitrogen and oxygen atoms in total. The maximum atomic E-state index is 12.2. The van der Waals surface area contributed by atoms with Crippen molar-refractivity contribution in [2.24, 2.45) is 0 Å². The number of aromatic nitrogens is 3. The molecule has 0 saturated carbocycles. The third-order valence-corrected chi connectivity index (χ3v) is 6.25. The van der Waals surface area contributed by atoms with Gasteiger partial charge in [0.25, 0.3) is 0 Å². The molecule has 0 aliphatic carbocycles. The van der Waals surface area contributed by atoms with Crippen LogP contribution in [-0.4, -0.2) is 33.0 Å². The zero-order valence-corrected chi connectivity index (χ0v) is 19.8. The van der Waals surface area contributed by atoms with Gasteiger partial charge in [0.2, 0.25) is 5.91 Å². The van der Waals surface area contributed by atoms with Crippen molar-refractivity contribution < 1.29 is 4.79 Å². The van der Waals surface area contributed by atoms with Gasteiger partial charge >= 0.3 is 0 Å². The molecule has 0 saturated heterocycles. The summed E-state index contributed by atoms with van der Waals surface area (Å²) in [5.41, 5.74) is 4.11. The lowest BCUT2D eigenvalue weighted by Gasteiger charge is -2.18. The summed E-state index contributed by atoms with van der Waals surface area (Å²) in [7, 11) is 0. The van der Waals surface area contributed by atoms with Gasteiger partial charge in [-0.1, -0.05) is 73.1 Å². The van der Waals surface area contributed by atoms with Crippen molar-refractivity contribution in [2.75, 3.05) is 12.3 Å². The van der Waals surface area contributed by atoms with Crippen LogP contribution in [0.4, 0.5) is 0 Å². The van der Waals surface area contributed by atoms with Gasteiger partial charge in [0.05, 0.1) is 16.5 Å². The van der Waals surface area contributed by atoms with E-state index in [9.17, 15) is 4.79 Å². The van der Waals surface area contributed by atoms with Gasteiger partial charge in [-0.25, -0.2) is 0 Å². The highest BCUT2D eigenvalue weighted by Crippen LogP contribution is 2.35. The van der Waals surface area contributed by atoms with Gasteiger partial charge in [0.1, 0.15) is 0 Å². The van der Waals surface area contributed by atoms with Crippen LogP contribution in [-0.2, 0) is 17.6 Å². The summed E-state index contributed by atoms with van der Waals surface area (Å²) in [5, 5.41) is 13.3. The second-order valence-corrected chi connectivity index (χ2v) is 8.57. The molecule has 0 aliphatic heterocycles. The van der Waals surface area contributed by atoms with E-state index in [1.807, 2.05) is 10.6 Å². The Bertz CT molecular complexity index is 1070. The number of para-hydroxylation sites is 1. The Hall–Kier alpha value is -2.28. The van der Waals surface area contributed by atoms with E-state index in [4.69, 9.17) is 23.2 Å². The number of hydrogen-bond acceptors (Lipinski definition) is 4. The topological polar surface area (TPSA) is 59.8 Å². The molecule has 0 radical (unpaired) electrons.